The predicted octanol–water partition coefficient (Wildman–Crippen LogP) is 4.18. The Morgan fingerprint density at radius 3 is 2.73 bits per heavy atom. The summed E-state index contributed by atoms with van der Waals surface area (Å²) >= 11 is 0. The molecule has 1 aromatic heterocycles. The van der Waals surface area contributed by atoms with Crippen LogP contribution in [0.4, 0.5) is 0 Å². The number of fused-ring (bicyclic) bond motifs is 1. The molecule has 2 heterocycles. The van der Waals surface area contributed by atoms with E-state index < -0.39 is 11.7 Å². The zero-order valence-electron chi connectivity index (χ0n) is 14.4. The number of para-hydroxylation sites is 1. The summed E-state index contributed by atoms with van der Waals surface area (Å²) in [5.74, 6) is 0.376. The summed E-state index contributed by atoms with van der Waals surface area (Å²) < 4.78 is 0. The van der Waals surface area contributed by atoms with E-state index in [9.17, 15) is 9.59 Å². The van der Waals surface area contributed by atoms with Crippen LogP contribution in [0.3, 0.4) is 0 Å². The van der Waals surface area contributed by atoms with Crippen LogP contribution in [-0.2, 0) is 4.79 Å². The third-order valence-electron chi connectivity index (χ3n) is 6.32. The number of Topliss-reactive ketones (excluding diaryl/α,β-unsaturated/α-hetero) is 1. The summed E-state index contributed by atoms with van der Waals surface area (Å²) in [7, 11) is 4.12. The number of aromatic nitrogens is 1. The molecule has 4 nitrogen and oxygen atoms in total. The Hall–Kier alpha value is -1.40. The van der Waals surface area contributed by atoms with Crippen LogP contribution in [0.25, 0.3) is 10.9 Å². The fourth-order valence-corrected chi connectivity index (χ4v) is 9.24. The molecule has 1 saturated heterocycles. The first-order valence-corrected chi connectivity index (χ1v) is 11.7. The molecule has 1 aromatic carbocycles. The van der Waals surface area contributed by atoms with Crippen molar-refractivity contribution in [1.29, 1.82) is 0 Å². The molecule has 5 rings (SSSR count). The van der Waals surface area contributed by atoms with Crippen LogP contribution in [-0.4, -0.2) is 33.2 Å². The van der Waals surface area contributed by atoms with Crippen molar-refractivity contribution in [2.45, 2.75) is 48.6 Å². The molecule has 0 bridgehead atoms. The molecule has 26 heavy (non-hydrogen) atoms. The zero-order chi connectivity index (χ0) is 17.7. The first-order valence-electron chi connectivity index (χ1n) is 9.46. The van der Waals surface area contributed by atoms with Gasteiger partial charge in [0, 0.05) is 33.6 Å². The van der Waals surface area contributed by atoms with E-state index >= 15 is 0 Å². The number of rotatable bonds is 3. The predicted molar refractivity (Wildman–Crippen MR) is 107 cm³/mol. The Morgan fingerprint density at radius 1 is 1.04 bits per heavy atom. The van der Waals surface area contributed by atoms with Gasteiger partial charge in [-0.25, -0.2) is 0 Å². The number of H-pyrrole nitrogens is 1. The van der Waals surface area contributed by atoms with Gasteiger partial charge >= 0.3 is 0 Å². The number of hydrogen-bond donors (Lipinski definition) is 2. The quantitative estimate of drug-likeness (QED) is 0.472. The minimum absolute atomic E-state index is 0.153. The van der Waals surface area contributed by atoms with Crippen LogP contribution < -0.4 is 5.32 Å². The van der Waals surface area contributed by atoms with E-state index in [1.54, 1.807) is 6.20 Å². The molecule has 0 spiro atoms. The highest BCUT2D eigenvalue weighted by Crippen LogP contribution is 2.59. The number of carbonyl (C=O) groups is 2. The van der Waals surface area contributed by atoms with Crippen LogP contribution in [0, 0.1) is 11.8 Å². The Balaban J connectivity index is 1.34. The number of aromatic amines is 1. The third kappa shape index (κ3) is 2.69. The molecular weight excluding hydrogens is 364 g/mol. The number of benzene rings is 1. The normalized spacial score (nSPS) is 33.0. The van der Waals surface area contributed by atoms with Crippen LogP contribution >= 0.6 is 21.6 Å². The van der Waals surface area contributed by atoms with E-state index in [2.05, 4.69) is 31.9 Å². The Morgan fingerprint density at radius 2 is 1.85 bits per heavy atom. The van der Waals surface area contributed by atoms with Gasteiger partial charge in [0.2, 0.25) is 0 Å². The lowest BCUT2D eigenvalue weighted by Gasteiger charge is -2.44. The lowest BCUT2D eigenvalue weighted by Crippen LogP contribution is -2.52. The van der Waals surface area contributed by atoms with Gasteiger partial charge in [-0.15, -0.1) is 0 Å². The minimum atomic E-state index is -0.446. The van der Waals surface area contributed by atoms with E-state index in [1.165, 1.54) is 19.3 Å². The number of amides is 1. The highest BCUT2D eigenvalue weighted by molar-refractivity contribution is 8.77. The van der Waals surface area contributed by atoms with Gasteiger partial charge < -0.3 is 10.3 Å². The van der Waals surface area contributed by atoms with Gasteiger partial charge in [-0.1, -0.05) is 46.2 Å². The summed E-state index contributed by atoms with van der Waals surface area (Å²) in [5.41, 5.74) is 1.36. The van der Waals surface area contributed by atoms with Crippen molar-refractivity contribution in [1.82, 2.24) is 10.3 Å². The standard InChI is InChI=1S/C20H22N2O2S2/c23-19(13-10-21-14-6-2-1-4-11(13)14)20(24)22-15-8-9-17-18-12(15)5-3-7-16(18)25-26-17/h1-2,4,6,10,12,15-18,21H,3,5,7-9H2,(H,22,24). The number of hydrogen-bond acceptors (Lipinski definition) is 4. The lowest BCUT2D eigenvalue weighted by molar-refractivity contribution is -0.118. The minimum Gasteiger partial charge on any atom is -0.360 e. The highest BCUT2D eigenvalue weighted by atomic mass is 33.1. The van der Waals surface area contributed by atoms with Gasteiger partial charge in [-0.2, -0.15) is 0 Å². The highest BCUT2D eigenvalue weighted by Gasteiger charge is 2.50. The average Bonchev–Trinajstić information content (AvgIpc) is 3.29. The van der Waals surface area contributed by atoms with Gasteiger partial charge in [-0.05, 0) is 43.6 Å². The number of ketones is 1. The summed E-state index contributed by atoms with van der Waals surface area (Å²) in [6.07, 6.45) is 7.55. The van der Waals surface area contributed by atoms with Crippen molar-refractivity contribution in [3.8, 4) is 0 Å². The van der Waals surface area contributed by atoms with Gasteiger partial charge in [0.05, 0.1) is 5.56 Å². The summed E-state index contributed by atoms with van der Waals surface area (Å²) in [4.78, 5) is 28.6. The first-order chi connectivity index (χ1) is 12.7. The monoisotopic (exact) mass is 386 g/mol. The SMILES string of the molecule is O=C(NC1CCC2SSC3CCCC1C32)C(=O)c1c[nH]c2ccccc12. The molecule has 2 N–H and O–H groups in total. The topological polar surface area (TPSA) is 62.0 Å². The molecule has 136 valence electrons. The maximum Gasteiger partial charge on any atom is 0.292 e. The van der Waals surface area contributed by atoms with Gasteiger partial charge in [-0.3, -0.25) is 9.59 Å². The van der Waals surface area contributed by atoms with Gasteiger partial charge in [0.1, 0.15) is 0 Å². The fraction of sp³-hybridized carbons (Fsp3) is 0.500. The van der Waals surface area contributed by atoms with E-state index in [0.717, 1.165) is 34.2 Å². The smallest absolute Gasteiger partial charge is 0.292 e. The molecule has 3 aliphatic rings. The lowest BCUT2D eigenvalue weighted by atomic mass is 9.67. The number of nitrogens with one attached hydrogen (secondary N) is 2. The molecule has 2 aromatic rings. The summed E-state index contributed by atoms with van der Waals surface area (Å²) in [5, 5.41) is 5.42. The fourth-order valence-electron chi connectivity index (χ4n) is 5.11. The molecule has 5 unspecified atom stereocenters. The molecule has 5 atom stereocenters. The largest absolute Gasteiger partial charge is 0.360 e. The van der Waals surface area contributed by atoms with Crippen molar-refractivity contribution < 1.29 is 9.59 Å². The molecule has 3 fully saturated rings. The van der Waals surface area contributed by atoms with Crippen molar-refractivity contribution >= 4 is 44.2 Å². The average molecular weight is 387 g/mol. The Bertz CT molecular complexity index is 858. The molecule has 2 saturated carbocycles. The molecule has 0 radical (unpaired) electrons. The third-order valence-corrected chi connectivity index (χ3v) is 9.84. The molecular formula is C20H22N2O2S2. The van der Waals surface area contributed by atoms with Crippen molar-refractivity contribution in [3.05, 3.63) is 36.0 Å². The van der Waals surface area contributed by atoms with E-state index in [4.69, 9.17) is 0 Å². The maximum absolute atomic E-state index is 12.8. The van der Waals surface area contributed by atoms with E-state index in [1.807, 2.05) is 24.3 Å². The van der Waals surface area contributed by atoms with E-state index in [-0.39, 0.29) is 6.04 Å². The molecule has 1 amide bonds. The second-order valence-corrected chi connectivity index (χ2v) is 10.4. The second kappa shape index (κ2) is 6.64. The second-order valence-electron chi connectivity index (χ2n) is 7.68. The van der Waals surface area contributed by atoms with E-state index in [0.29, 0.717) is 17.4 Å². The van der Waals surface area contributed by atoms with Crippen LogP contribution in [0.2, 0.25) is 0 Å². The molecule has 1 aliphatic heterocycles. The Kier molecular flexibility index (Phi) is 4.28. The van der Waals surface area contributed by atoms with Crippen LogP contribution in [0.1, 0.15) is 42.5 Å². The van der Waals surface area contributed by atoms with Crippen molar-refractivity contribution in [2.24, 2.45) is 11.8 Å². The van der Waals surface area contributed by atoms with Crippen LogP contribution in [0.15, 0.2) is 30.5 Å². The summed E-state index contributed by atoms with van der Waals surface area (Å²) in [6, 6.07) is 7.77. The van der Waals surface area contributed by atoms with Gasteiger partial charge in [0.15, 0.2) is 0 Å². The van der Waals surface area contributed by atoms with Gasteiger partial charge in [0.25, 0.3) is 11.7 Å². The van der Waals surface area contributed by atoms with Crippen molar-refractivity contribution in [3.63, 3.8) is 0 Å². The van der Waals surface area contributed by atoms with Crippen LogP contribution in [0.5, 0.6) is 0 Å². The maximum atomic E-state index is 12.8. The molecule has 6 heteroatoms. The number of carbonyl (C=O) groups excluding carboxylic acids is 2. The van der Waals surface area contributed by atoms with Crippen molar-refractivity contribution in [2.75, 3.05) is 0 Å². The summed E-state index contributed by atoms with van der Waals surface area (Å²) in [6.45, 7) is 0. The molecule has 2 aliphatic carbocycles. The first kappa shape index (κ1) is 16.8. The Labute approximate surface area is 160 Å². The zero-order valence-corrected chi connectivity index (χ0v) is 16.1.